The molecule has 1 aliphatic heterocycles. The highest BCUT2D eigenvalue weighted by Crippen LogP contribution is 2.28. The quantitative estimate of drug-likeness (QED) is 0.556. The molecule has 0 saturated carbocycles. The van der Waals surface area contributed by atoms with Gasteiger partial charge < -0.3 is 10.2 Å². The molecule has 0 atom stereocenters. The highest BCUT2D eigenvalue weighted by Gasteiger charge is 2.17. The molecular weight excluding hydrogens is 429 g/mol. The van der Waals surface area contributed by atoms with E-state index < -0.39 is 15.8 Å². The fraction of sp³-hybridized carbons (Fsp3) is 0.208. The number of carbonyl (C=O) groups is 1. The first-order valence-electron chi connectivity index (χ1n) is 10.4. The molecular formula is C24H24FN3O3S. The zero-order chi connectivity index (χ0) is 22.6. The maximum absolute atomic E-state index is 13.0. The normalized spacial score (nSPS) is 13.7. The Morgan fingerprint density at radius 1 is 0.906 bits per heavy atom. The number of para-hydroxylation sites is 2. The molecule has 3 aromatic rings. The standard InChI is InChI=1S/C24H24FN3O3S/c25-19-9-13-21(14-10-19)32(30,31)27-20-11-7-18(8-12-20)17-24(29)26-22-5-1-2-6-23(22)28-15-3-4-16-28/h1-2,5-14,27H,3-4,15-17H2,(H,26,29). The van der Waals surface area contributed by atoms with Crippen molar-refractivity contribution in [1.82, 2.24) is 0 Å². The third kappa shape index (κ3) is 5.26. The van der Waals surface area contributed by atoms with Crippen LogP contribution in [0.2, 0.25) is 0 Å². The van der Waals surface area contributed by atoms with Crippen molar-refractivity contribution in [3.8, 4) is 0 Å². The van der Waals surface area contributed by atoms with Crippen LogP contribution < -0.4 is 14.9 Å². The Morgan fingerprint density at radius 2 is 1.56 bits per heavy atom. The summed E-state index contributed by atoms with van der Waals surface area (Å²) in [5, 5.41) is 2.99. The second-order valence-electron chi connectivity index (χ2n) is 7.69. The third-order valence-electron chi connectivity index (χ3n) is 5.32. The zero-order valence-corrected chi connectivity index (χ0v) is 18.2. The van der Waals surface area contributed by atoms with Crippen LogP contribution in [0.4, 0.5) is 21.5 Å². The lowest BCUT2D eigenvalue weighted by atomic mass is 10.1. The van der Waals surface area contributed by atoms with Gasteiger partial charge in [-0.1, -0.05) is 24.3 Å². The summed E-state index contributed by atoms with van der Waals surface area (Å²) in [7, 11) is -3.82. The number of nitrogens with one attached hydrogen (secondary N) is 2. The van der Waals surface area contributed by atoms with Crippen molar-refractivity contribution in [2.75, 3.05) is 28.0 Å². The van der Waals surface area contributed by atoms with Crippen LogP contribution in [-0.2, 0) is 21.2 Å². The molecule has 166 valence electrons. The van der Waals surface area contributed by atoms with Gasteiger partial charge in [-0.25, -0.2) is 12.8 Å². The lowest BCUT2D eigenvalue weighted by molar-refractivity contribution is -0.115. The van der Waals surface area contributed by atoms with E-state index >= 15 is 0 Å². The van der Waals surface area contributed by atoms with Gasteiger partial charge in [0.2, 0.25) is 5.91 Å². The molecule has 1 fully saturated rings. The van der Waals surface area contributed by atoms with Crippen molar-refractivity contribution in [2.24, 2.45) is 0 Å². The smallest absolute Gasteiger partial charge is 0.261 e. The maximum atomic E-state index is 13.0. The molecule has 4 rings (SSSR count). The number of sulfonamides is 1. The van der Waals surface area contributed by atoms with Gasteiger partial charge in [0, 0.05) is 18.8 Å². The van der Waals surface area contributed by atoms with Gasteiger partial charge in [-0.2, -0.15) is 0 Å². The molecule has 0 aromatic heterocycles. The topological polar surface area (TPSA) is 78.5 Å². The average molecular weight is 454 g/mol. The summed E-state index contributed by atoms with van der Waals surface area (Å²) in [5.74, 6) is -0.647. The highest BCUT2D eigenvalue weighted by atomic mass is 32.2. The zero-order valence-electron chi connectivity index (χ0n) is 17.4. The van der Waals surface area contributed by atoms with E-state index in [0.29, 0.717) is 5.69 Å². The minimum Gasteiger partial charge on any atom is -0.370 e. The first kappa shape index (κ1) is 21.8. The summed E-state index contributed by atoms with van der Waals surface area (Å²) in [6.07, 6.45) is 2.47. The van der Waals surface area contributed by atoms with Crippen molar-refractivity contribution in [3.05, 3.63) is 84.2 Å². The third-order valence-corrected chi connectivity index (χ3v) is 6.72. The number of halogens is 1. The van der Waals surface area contributed by atoms with Gasteiger partial charge in [0.05, 0.1) is 22.7 Å². The van der Waals surface area contributed by atoms with Crippen LogP contribution in [0, 0.1) is 5.82 Å². The van der Waals surface area contributed by atoms with Crippen molar-refractivity contribution >= 4 is 33.0 Å². The number of hydrogen-bond acceptors (Lipinski definition) is 4. The molecule has 1 heterocycles. The lowest BCUT2D eigenvalue weighted by Gasteiger charge is -2.21. The van der Waals surface area contributed by atoms with Gasteiger partial charge in [-0.3, -0.25) is 9.52 Å². The fourth-order valence-electron chi connectivity index (χ4n) is 3.71. The summed E-state index contributed by atoms with van der Waals surface area (Å²) < 4.78 is 40.3. The molecule has 2 N–H and O–H groups in total. The second kappa shape index (κ2) is 9.40. The maximum Gasteiger partial charge on any atom is 0.261 e. The van der Waals surface area contributed by atoms with Crippen molar-refractivity contribution in [2.45, 2.75) is 24.2 Å². The Balaban J connectivity index is 1.39. The Bertz CT molecular complexity index is 1190. The number of benzene rings is 3. The number of carbonyl (C=O) groups excluding carboxylic acids is 1. The van der Waals surface area contributed by atoms with Crippen LogP contribution in [0.1, 0.15) is 18.4 Å². The van der Waals surface area contributed by atoms with Gasteiger partial charge in [-0.05, 0) is 66.9 Å². The minimum absolute atomic E-state index is 0.0287. The van der Waals surface area contributed by atoms with E-state index in [0.717, 1.165) is 55.0 Å². The van der Waals surface area contributed by atoms with E-state index in [9.17, 15) is 17.6 Å². The molecule has 1 aliphatic rings. The number of hydrogen-bond donors (Lipinski definition) is 2. The van der Waals surface area contributed by atoms with Crippen LogP contribution >= 0.6 is 0 Å². The summed E-state index contributed by atoms with van der Waals surface area (Å²) in [6.45, 7) is 1.98. The van der Waals surface area contributed by atoms with Crippen molar-refractivity contribution in [1.29, 1.82) is 0 Å². The predicted octanol–water partition coefficient (Wildman–Crippen LogP) is 4.41. The molecule has 0 aliphatic carbocycles. The summed E-state index contributed by atoms with van der Waals surface area (Å²) in [5.41, 5.74) is 2.94. The van der Waals surface area contributed by atoms with Crippen LogP contribution in [0.15, 0.2) is 77.7 Å². The molecule has 8 heteroatoms. The van der Waals surface area contributed by atoms with Crippen LogP contribution in [-0.4, -0.2) is 27.4 Å². The summed E-state index contributed by atoms with van der Waals surface area (Å²) in [6, 6.07) is 19.0. The highest BCUT2D eigenvalue weighted by molar-refractivity contribution is 7.92. The minimum atomic E-state index is -3.82. The van der Waals surface area contributed by atoms with Gasteiger partial charge in [0.25, 0.3) is 10.0 Å². The van der Waals surface area contributed by atoms with E-state index in [1.165, 1.54) is 12.1 Å². The van der Waals surface area contributed by atoms with E-state index in [1.54, 1.807) is 24.3 Å². The Hall–Kier alpha value is -3.39. The van der Waals surface area contributed by atoms with E-state index in [-0.39, 0.29) is 17.2 Å². The van der Waals surface area contributed by atoms with E-state index in [4.69, 9.17) is 0 Å². The lowest BCUT2D eigenvalue weighted by Crippen LogP contribution is -2.21. The van der Waals surface area contributed by atoms with E-state index in [2.05, 4.69) is 14.9 Å². The van der Waals surface area contributed by atoms with Gasteiger partial charge in [-0.15, -0.1) is 0 Å². The molecule has 3 aromatic carbocycles. The summed E-state index contributed by atoms with van der Waals surface area (Å²) >= 11 is 0. The number of amides is 1. The number of anilines is 3. The van der Waals surface area contributed by atoms with Crippen LogP contribution in [0.25, 0.3) is 0 Å². The first-order valence-corrected chi connectivity index (χ1v) is 11.9. The van der Waals surface area contributed by atoms with Crippen LogP contribution in [0.5, 0.6) is 0 Å². The molecule has 32 heavy (non-hydrogen) atoms. The molecule has 0 radical (unpaired) electrons. The summed E-state index contributed by atoms with van der Waals surface area (Å²) in [4.78, 5) is 14.9. The predicted molar refractivity (Wildman–Crippen MR) is 124 cm³/mol. The van der Waals surface area contributed by atoms with Gasteiger partial charge >= 0.3 is 0 Å². The average Bonchev–Trinajstić information content (AvgIpc) is 3.30. The number of nitrogens with zero attached hydrogens (tertiary/aromatic N) is 1. The monoisotopic (exact) mass is 453 g/mol. The fourth-order valence-corrected chi connectivity index (χ4v) is 4.77. The molecule has 1 amide bonds. The first-order chi connectivity index (χ1) is 15.4. The van der Waals surface area contributed by atoms with Crippen molar-refractivity contribution in [3.63, 3.8) is 0 Å². The van der Waals surface area contributed by atoms with Gasteiger partial charge in [0.15, 0.2) is 0 Å². The van der Waals surface area contributed by atoms with Crippen molar-refractivity contribution < 1.29 is 17.6 Å². The Kier molecular flexibility index (Phi) is 6.41. The number of rotatable bonds is 7. The molecule has 1 saturated heterocycles. The Labute approximate surface area is 187 Å². The Morgan fingerprint density at radius 3 is 2.25 bits per heavy atom. The van der Waals surface area contributed by atoms with Gasteiger partial charge in [0.1, 0.15) is 5.82 Å². The largest absolute Gasteiger partial charge is 0.370 e. The molecule has 0 spiro atoms. The van der Waals surface area contributed by atoms with Crippen LogP contribution in [0.3, 0.4) is 0 Å². The SMILES string of the molecule is O=C(Cc1ccc(NS(=O)(=O)c2ccc(F)cc2)cc1)Nc1ccccc1N1CCCC1. The second-order valence-corrected chi connectivity index (χ2v) is 9.38. The molecule has 0 unspecified atom stereocenters. The molecule has 0 bridgehead atoms. The van der Waals surface area contributed by atoms with E-state index in [1.807, 2.05) is 24.3 Å². The molecule has 6 nitrogen and oxygen atoms in total.